The van der Waals surface area contributed by atoms with Gasteiger partial charge in [0.05, 0.1) is 17.4 Å². The van der Waals surface area contributed by atoms with Gasteiger partial charge < -0.3 is 14.7 Å². The molecular formula is C25H20ClN9O3. The van der Waals surface area contributed by atoms with Crippen molar-refractivity contribution < 1.29 is 9.90 Å². The largest absolute Gasteiger partial charge is 0.465 e. The van der Waals surface area contributed by atoms with Gasteiger partial charge in [-0.2, -0.15) is 4.68 Å². The number of aromatic amines is 1. The Morgan fingerprint density at radius 3 is 2.79 bits per heavy atom. The normalized spacial score (nSPS) is 14.4. The predicted octanol–water partition coefficient (Wildman–Crippen LogP) is 3.86. The second-order valence-corrected chi connectivity index (χ2v) is 9.28. The molecule has 13 heteroatoms. The van der Waals surface area contributed by atoms with Crippen molar-refractivity contribution >= 4 is 23.5 Å². The van der Waals surface area contributed by atoms with Crippen molar-refractivity contribution in [2.24, 2.45) is 0 Å². The summed E-state index contributed by atoms with van der Waals surface area (Å²) in [6.07, 6.45) is 3.18. The lowest BCUT2D eigenvalue weighted by Gasteiger charge is -2.15. The van der Waals surface area contributed by atoms with Crippen molar-refractivity contribution in [3.05, 3.63) is 87.6 Å². The van der Waals surface area contributed by atoms with E-state index in [2.05, 4.69) is 35.8 Å². The number of imidazole rings is 1. The fourth-order valence-electron chi connectivity index (χ4n) is 4.81. The van der Waals surface area contributed by atoms with Crippen LogP contribution in [0.5, 0.6) is 0 Å². The molecule has 0 bridgehead atoms. The molecular weight excluding hydrogens is 510 g/mol. The number of rotatable bonds is 5. The minimum atomic E-state index is -1.20. The molecule has 1 aliphatic rings. The van der Waals surface area contributed by atoms with E-state index in [9.17, 15) is 9.59 Å². The van der Waals surface area contributed by atoms with Crippen LogP contribution in [0, 0.1) is 6.92 Å². The number of benzene rings is 1. The van der Waals surface area contributed by atoms with Crippen LogP contribution in [0.25, 0.3) is 28.1 Å². The Morgan fingerprint density at radius 1 is 1.18 bits per heavy atom. The van der Waals surface area contributed by atoms with Crippen LogP contribution in [0.3, 0.4) is 0 Å². The van der Waals surface area contributed by atoms with Gasteiger partial charge in [0.25, 0.3) is 5.56 Å². The Kier molecular flexibility index (Phi) is 5.72. The van der Waals surface area contributed by atoms with Crippen LogP contribution < -0.4 is 10.9 Å². The fraction of sp³-hybridized carbons (Fsp3) is 0.160. The molecule has 12 nitrogen and oxygen atoms in total. The number of hydrogen-bond donors (Lipinski definition) is 3. The highest BCUT2D eigenvalue weighted by Crippen LogP contribution is 2.35. The lowest BCUT2D eigenvalue weighted by molar-refractivity contribution is 0.209. The first-order valence-electron chi connectivity index (χ1n) is 11.7. The Bertz CT molecular complexity index is 1730. The highest BCUT2D eigenvalue weighted by molar-refractivity contribution is 6.31. The maximum Gasteiger partial charge on any atom is 0.410 e. The molecule has 5 heterocycles. The third-order valence-electron chi connectivity index (χ3n) is 6.47. The van der Waals surface area contributed by atoms with Crippen molar-refractivity contribution in [2.75, 3.05) is 5.32 Å². The number of carboxylic acid groups (broad SMARTS) is 1. The fourth-order valence-corrected chi connectivity index (χ4v) is 5.05. The number of tetrazole rings is 1. The summed E-state index contributed by atoms with van der Waals surface area (Å²) in [5.74, 6) is 0.761. The predicted molar refractivity (Wildman–Crippen MR) is 139 cm³/mol. The Morgan fingerprint density at radius 2 is 2.05 bits per heavy atom. The molecule has 1 amide bonds. The lowest BCUT2D eigenvalue weighted by Crippen LogP contribution is -2.24. The number of H-pyrrole nitrogens is 1. The number of amides is 1. The molecule has 0 spiro atoms. The smallest absolute Gasteiger partial charge is 0.410 e. The molecule has 0 radical (unpaired) electrons. The number of hydrogen-bond acceptors (Lipinski definition) is 7. The first-order valence-corrected chi connectivity index (χ1v) is 12.1. The summed E-state index contributed by atoms with van der Waals surface area (Å²) in [6.45, 7) is 1.99. The van der Waals surface area contributed by atoms with Gasteiger partial charge in [-0.1, -0.05) is 23.2 Å². The third-order valence-corrected chi connectivity index (χ3v) is 6.75. The summed E-state index contributed by atoms with van der Waals surface area (Å²) >= 11 is 6.45. The summed E-state index contributed by atoms with van der Waals surface area (Å²) in [5.41, 5.74) is 5.40. The summed E-state index contributed by atoms with van der Waals surface area (Å²) < 4.78 is 3.32. The number of halogens is 1. The maximum absolute atomic E-state index is 13.4. The molecule has 1 aromatic carbocycles. The van der Waals surface area contributed by atoms with Crippen LogP contribution in [0.1, 0.15) is 29.5 Å². The zero-order valence-electron chi connectivity index (χ0n) is 20.0. The molecule has 38 heavy (non-hydrogen) atoms. The quantitative estimate of drug-likeness (QED) is 0.310. The van der Waals surface area contributed by atoms with E-state index in [0.717, 1.165) is 28.1 Å². The van der Waals surface area contributed by atoms with Gasteiger partial charge in [0.1, 0.15) is 18.0 Å². The van der Waals surface area contributed by atoms with E-state index >= 15 is 0 Å². The number of carbonyl (C=O) groups is 1. The van der Waals surface area contributed by atoms with Crippen LogP contribution in [-0.4, -0.2) is 50.9 Å². The second-order valence-electron chi connectivity index (χ2n) is 8.92. The molecule has 0 aliphatic carbocycles. The van der Waals surface area contributed by atoms with Gasteiger partial charge in [0.2, 0.25) is 0 Å². The minimum absolute atomic E-state index is 0.149. The van der Waals surface area contributed by atoms with Gasteiger partial charge in [-0.05, 0) is 66.1 Å². The molecule has 3 N–H and O–H groups in total. The van der Waals surface area contributed by atoms with Gasteiger partial charge in [0.15, 0.2) is 5.15 Å². The van der Waals surface area contributed by atoms with Crippen molar-refractivity contribution in [3.8, 4) is 28.1 Å². The van der Waals surface area contributed by atoms with Crippen LogP contribution >= 0.6 is 11.6 Å². The molecule has 190 valence electrons. The highest BCUT2D eigenvalue weighted by Gasteiger charge is 2.29. The molecule has 1 aliphatic heterocycles. The Hall–Kier alpha value is -4.84. The van der Waals surface area contributed by atoms with Crippen molar-refractivity contribution in [1.82, 2.24) is 39.7 Å². The molecule has 1 atom stereocenters. The maximum atomic E-state index is 13.4. The van der Waals surface area contributed by atoms with Crippen molar-refractivity contribution in [2.45, 2.75) is 25.8 Å². The van der Waals surface area contributed by atoms with E-state index < -0.39 is 6.09 Å². The molecule has 6 rings (SSSR count). The van der Waals surface area contributed by atoms with E-state index in [0.29, 0.717) is 29.9 Å². The van der Waals surface area contributed by atoms with E-state index in [-0.39, 0.29) is 22.6 Å². The average molecular weight is 530 g/mol. The van der Waals surface area contributed by atoms with Crippen LogP contribution in [0.15, 0.2) is 59.8 Å². The zero-order valence-corrected chi connectivity index (χ0v) is 20.7. The van der Waals surface area contributed by atoms with Crippen molar-refractivity contribution in [1.29, 1.82) is 0 Å². The minimum Gasteiger partial charge on any atom is -0.465 e. The summed E-state index contributed by atoms with van der Waals surface area (Å²) in [6, 6.07) is 12.5. The number of nitrogens with one attached hydrogen (secondary N) is 2. The zero-order chi connectivity index (χ0) is 26.4. The Balaban J connectivity index is 1.35. The summed E-state index contributed by atoms with van der Waals surface area (Å²) in [7, 11) is 0. The number of fused-ring (bicyclic) bond motifs is 1. The topological polar surface area (TPSA) is 156 Å². The number of aryl methyl sites for hydroxylation is 2. The van der Waals surface area contributed by atoms with E-state index in [1.165, 1.54) is 18.6 Å². The molecule has 0 unspecified atom stereocenters. The summed E-state index contributed by atoms with van der Waals surface area (Å²) in [5, 5.41) is 22.8. The number of anilines is 1. The number of nitrogens with zero attached hydrogens (tertiary/aromatic N) is 7. The average Bonchev–Trinajstić information content (AvgIpc) is 3.64. The van der Waals surface area contributed by atoms with Crippen molar-refractivity contribution in [3.63, 3.8) is 0 Å². The first-order chi connectivity index (χ1) is 18.4. The summed E-state index contributed by atoms with van der Waals surface area (Å²) in [4.78, 5) is 36.1. The van der Waals surface area contributed by atoms with Crippen LogP contribution in [0.2, 0.25) is 5.15 Å². The monoisotopic (exact) mass is 529 g/mol. The SMILES string of the molecule is Cc1ccc(-n2cnnn2)c(-c2cc3n(c(=O)c2)[C@H](c2nc(Cl)c(-c4ccc(NC(=O)O)nc4)[nH]2)CC3)c1. The highest BCUT2D eigenvalue weighted by atomic mass is 35.5. The van der Waals surface area contributed by atoms with Gasteiger partial charge in [-0.3, -0.25) is 10.1 Å². The van der Waals surface area contributed by atoms with Crippen LogP contribution in [-0.2, 0) is 6.42 Å². The third kappa shape index (κ3) is 4.20. The van der Waals surface area contributed by atoms with Gasteiger partial charge in [-0.25, -0.2) is 14.8 Å². The first kappa shape index (κ1) is 23.6. The molecule has 0 fully saturated rings. The molecule has 4 aromatic heterocycles. The van der Waals surface area contributed by atoms with Gasteiger partial charge in [-0.15, -0.1) is 5.10 Å². The number of pyridine rings is 2. The van der Waals surface area contributed by atoms with Crippen LogP contribution in [0.4, 0.5) is 10.6 Å². The van der Waals surface area contributed by atoms with E-state index in [1.54, 1.807) is 21.4 Å². The van der Waals surface area contributed by atoms with Gasteiger partial charge in [0, 0.05) is 29.1 Å². The lowest BCUT2D eigenvalue weighted by atomic mass is 10.0. The second kappa shape index (κ2) is 9.23. The van der Waals surface area contributed by atoms with Gasteiger partial charge >= 0.3 is 6.09 Å². The van der Waals surface area contributed by atoms with E-state index in [1.807, 2.05) is 31.2 Å². The standard InChI is InChI=1S/C25H20ClN9O3/c1-13-2-5-18(34-12-28-32-33-34)17(8-13)15-9-16-4-6-19(35(16)21(36)10-15)24-30-22(23(26)31-24)14-3-7-20(27-11-14)29-25(37)38/h2-3,5,7-12,19H,4,6H2,1H3,(H,27,29)(H,30,31)(H,37,38)/t19-/m0/s1. The number of aromatic nitrogens is 8. The Labute approximate surface area is 220 Å². The van der Waals surface area contributed by atoms with E-state index in [4.69, 9.17) is 16.7 Å². The molecule has 5 aromatic rings. The molecule has 0 saturated heterocycles. The molecule has 0 saturated carbocycles.